The van der Waals surface area contributed by atoms with Gasteiger partial charge in [0.15, 0.2) is 5.76 Å². The summed E-state index contributed by atoms with van der Waals surface area (Å²) in [6, 6.07) is 21.7. The molecule has 1 aromatic heterocycles. The van der Waals surface area contributed by atoms with Crippen LogP contribution in [-0.4, -0.2) is 27.2 Å². The second-order valence-corrected chi connectivity index (χ2v) is 9.45. The van der Waals surface area contributed by atoms with E-state index in [9.17, 15) is 13.2 Å². The van der Waals surface area contributed by atoms with Gasteiger partial charge in [-0.05, 0) is 54.1 Å². The summed E-state index contributed by atoms with van der Waals surface area (Å²) < 4.78 is 42.8. The molecule has 9 heteroatoms. The van der Waals surface area contributed by atoms with Crippen LogP contribution in [0, 0.1) is 0 Å². The van der Waals surface area contributed by atoms with E-state index < -0.39 is 15.9 Å². The molecule has 0 unspecified atom stereocenters. The molecule has 8 nitrogen and oxygen atoms in total. The van der Waals surface area contributed by atoms with Crippen molar-refractivity contribution in [2.24, 2.45) is 0 Å². The van der Waals surface area contributed by atoms with Gasteiger partial charge in [-0.3, -0.25) is 9.52 Å². The summed E-state index contributed by atoms with van der Waals surface area (Å²) in [6.45, 7) is 1.71. The Morgan fingerprint density at radius 2 is 1.76 bits per heavy atom. The van der Waals surface area contributed by atoms with Gasteiger partial charge < -0.3 is 19.2 Å². The Hall–Kier alpha value is -3.98. The van der Waals surface area contributed by atoms with Crippen LogP contribution in [0.1, 0.15) is 23.2 Å². The first kappa shape index (κ1) is 23.2. The van der Waals surface area contributed by atoms with Gasteiger partial charge in [0.05, 0.1) is 18.6 Å². The molecule has 0 aliphatic carbocycles. The first-order valence-corrected chi connectivity index (χ1v) is 12.2. The zero-order valence-electron chi connectivity index (χ0n) is 18.7. The van der Waals surface area contributed by atoms with Crippen LogP contribution in [-0.2, 0) is 16.6 Å². The molecule has 0 spiro atoms. The van der Waals surface area contributed by atoms with E-state index in [0.29, 0.717) is 17.2 Å². The van der Waals surface area contributed by atoms with Gasteiger partial charge in [-0.15, -0.1) is 0 Å². The molecule has 4 aromatic rings. The van der Waals surface area contributed by atoms with Crippen molar-refractivity contribution >= 4 is 38.1 Å². The third kappa shape index (κ3) is 5.49. The molecule has 0 fully saturated rings. The zero-order chi connectivity index (χ0) is 24.1. The van der Waals surface area contributed by atoms with Gasteiger partial charge in [-0.1, -0.05) is 30.3 Å². The standard InChI is InChI=1S/C25H24N2O6S/c1-3-34(29,30)27-22-12-9-19(15-24(22)31-2)26-25(28)23-13-11-21(33-23)16-32-20-10-8-17-6-4-5-7-18(17)14-20/h4-15,27H,3,16H2,1-2H3,(H,26,28). The number of fused-ring (bicyclic) bond motifs is 1. The fraction of sp³-hybridized carbons (Fsp3) is 0.160. The van der Waals surface area contributed by atoms with E-state index in [-0.39, 0.29) is 29.6 Å². The topological polar surface area (TPSA) is 107 Å². The van der Waals surface area contributed by atoms with Crippen molar-refractivity contribution in [3.63, 3.8) is 0 Å². The van der Waals surface area contributed by atoms with Crippen molar-refractivity contribution in [1.82, 2.24) is 0 Å². The molecule has 34 heavy (non-hydrogen) atoms. The molecular weight excluding hydrogens is 456 g/mol. The highest BCUT2D eigenvalue weighted by molar-refractivity contribution is 7.92. The maximum absolute atomic E-state index is 12.6. The van der Waals surface area contributed by atoms with Crippen molar-refractivity contribution in [2.45, 2.75) is 13.5 Å². The Balaban J connectivity index is 1.39. The molecule has 0 aliphatic heterocycles. The minimum Gasteiger partial charge on any atom is -0.494 e. The fourth-order valence-corrected chi connectivity index (χ4v) is 3.92. The number of carbonyl (C=O) groups is 1. The number of furan rings is 1. The molecule has 0 bridgehead atoms. The maximum Gasteiger partial charge on any atom is 0.291 e. The van der Waals surface area contributed by atoms with E-state index >= 15 is 0 Å². The summed E-state index contributed by atoms with van der Waals surface area (Å²) in [7, 11) is -2.05. The molecule has 3 aromatic carbocycles. The van der Waals surface area contributed by atoms with Crippen LogP contribution in [0.3, 0.4) is 0 Å². The number of anilines is 2. The van der Waals surface area contributed by atoms with Crippen LogP contribution < -0.4 is 19.5 Å². The van der Waals surface area contributed by atoms with Crippen LogP contribution >= 0.6 is 0 Å². The molecule has 0 radical (unpaired) electrons. The second-order valence-electron chi connectivity index (χ2n) is 7.44. The summed E-state index contributed by atoms with van der Waals surface area (Å²) >= 11 is 0. The van der Waals surface area contributed by atoms with Gasteiger partial charge >= 0.3 is 0 Å². The summed E-state index contributed by atoms with van der Waals surface area (Å²) in [5, 5.41) is 4.91. The minimum absolute atomic E-state index is 0.0694. The van der Waals surface area contributed by atoms with Crippen LogP contribution in [0.25, 0.3) is 10.8 Å². The normalized spacial score (nSPS) is 11.2. The lowest BCUT2D eigenvalue weighted by Gasteiger charge is -2.12. The number of amides is 1. The first-order valence-electron chi connectivity index (χ1n) is 10.6. The fourth-order valence-electron chi connectivity index (χ4n) is 3.27. The van der Waals surface area contributed by atoms with Gasteiger partial charge in [0.1, 0.15) is 23.9 Å². The summed E-state index contributed by atoms with van der Waals surface area (Å²) in [5.74, 6) is 1.07. The Bertz CT molecular complexity index is 1430. The van der Waals surface area contributed by atoms with Crippen LogP contribution in [0.2, 0.25) is 0 Å². The van der Waals surface area contributed by atoms with E-state index in [2.05, 4.69) is 10.0 Å². The zero-order valence-corrected chi connectivity index (χ0v) is 19.5. The number of rotatable bonds is 9. The van der Waals surface area contributed by atoms with Gasteiger partial charge in [-0.25, -0.2) is 8.42 Å². The largest absolute Gasteiger partial charge is 0.494 e. The molecule has 0 saturated carbocycles. The van der Waals surface area contributed by atoms with Crippen LogP contribution in [0.15, 0.2) is 77.2 Å². The maximum atomic E-state index is 12.6. The molecule has 0 atom stereocenters. The Morgan fingerprint density at radius 1 is 0.971 bits per heavy atom. The number of hydrogen-bond donors (Lipinski definition) is 2. The van der Waals surface area contributed by atoms with Crippen molar-refractivity contribution in [2.75, 3.05) is 22.9 Å². The van der Waals surface area contributed by atoms with Crippen molar-refractivity contribution < 1.29 is 27.1 Å². The van der Waals surface area contributed by atoms with Gasteiger partial charge in [-0.2, -0.15) is 0 Å². The Labute approximate surface area is 197 Å². The van der Waals surface area contributed by atoms with Gasteiger partial charge in [0, 0.05) is 11.8 Å². The van der Waals surface area contributed by atoms with E-state index in [1.54, 1.807) is 18.2 Å². The molecular formula is C25H24N2O6S. The lowest BCUT2D eigenvalue weighted by Crippen LogP contribution is -2.15. The summed E-state index contributed by atoms with van der Waals surface area (Å²) in [5.41, 5.74) is 0.708. The van der Waals surface area contributed by atoms with Gasteiger partial charge in [0.25, 0.3) is 5.91 Å². The molecule has 0 aliphatic rings. The summed E-state index contributed by atoms with van der Waals surface area (Å²) in [6.07, 6.45) is 0. The number of hydrogen-bond acceptors (Lipinski definition) is 6. The Kier molecular flexibility index (Phi) is 6.74. The molecule has 1 amide bonds. The average molecular weight is 481 g/mol. The van der Waals surface area contributed by atoms with Crippen LogP contribution in [0.5, 0.6) is 11.5 Å². The summed E-state index contributed by atoms with van der Waals surface area (Å²) in [4.78, 5) is 12.6. The van der Waals surface area contributed by atoms with E-state index in [1.165, 1.54) is 26.2 Å². The monoisotopic (exact) mass is 480 g/mol. The number of benzene rings is 3. The highest BCUT2D eigenvalue weighted by Crippen LogP contribution is 2.29. The quantitative estimate of drug-likeness (QED) is 0.348. The lowest BCUT2D eigenvalue weighted by atomic mass is 10.1. The van der Waals surface area contributed by atoms with Gasteiger partial charge in [0.2, 0.25) is 10.0 Å². The number of methoxy groups -OCH3 is 1. The smallest absolute Gasteiger partial charge is 0.291 e. The number of ether oxygens (including phenoxy) is 2. The minimum atomic E-state index is -3.46. The predicted octanol–water partition coefficient (Wildman–Crippen LogP) is 5.03. The average Bonchev–Trinajstić information content (AvgIpc) is 3.33. The highest BCUT2D eigenvalue weighted by atomic mass is 32.2. The Morgan fingerprint density at radius 3 is 2.53 bits per heavy atom. The predicted molar refractivity (Wildman–Crippen MR) is 131 cm³/mol. The number of carbonyl (C=O) groups excluding carboxylic acids is 1. The third-order valence-corrected chi connectivity index (χ3v) is 6.38. The molecule has 1 heterocycles. The van der Waals surface area contributed by atoms with Crippen molar-refractivity contribution in [3.8, 4) is 11.5 Å². The lowest BCUT2D eigenvalue weighted by molar-refractivity contribution is 0.0992. The number of sulfonamides is 1. The molecule has 4 rings (SSSR count). The SMILES string of the molecule is CCS(=O)(=O)Nc1ccc(NC(=O)c2ccc(COc3ccc4ccccc4c3)o2)cc1OC. The van der Waals surface area contributed by atoms with E-state index in [0.717, 1.165) is 10.8 Å². The van der Waals surface area contributed by atoms with Crippen LogP contribution in [0.4, 0.5) is 11.4 Å². The number of nitrogens with one attached hydrogen (secondary N) is 2. The molecule has 176 valence electrons. The molecule has 2 N–H and O–H groups in total. The third-order valence-electron chi connectivity index (χ3n) is 5.09. The van der Waals surface area contributed by atoms with E-state index in [4.69, 9.17) is 13.9 Å². The van der Waals surface area contributed by atoms with Crippen molar-refractivity contribution in [3.05, 3.63) is 84.3 Å². The van der Waals surface area contributed by atoms with E-state index in [1.807, 2.05) is 42.5 Å². The molecule has 0 saturated heterocycles. The second kappa shape index (κ2) is 9.88. The highest BCUT2D eigenvalue weighted by Gasteiger charge is 2.15. The van der Waals surface area contributed by atoms with Crippen molar-refractivity contribution in [1.29, 1.82) is 0 Å². The first-order chi connectivity index (χ1) is 16.4.